The van der Waals surface area contributed by atoms with E-state index in [4.69, 9.17) is 0 Å². The van der Waals surface area contributed by atoms with Crippen LogP contribution in [0.15, 0.2) is 42.6 Å². The second-order valence-electron chi connectivity index (χ2n) is 6.57. The number of urea groups is 1. The molecule has 0 radical (unpaired) electrons. The number of aryl methyl sites for hydroxylation is 1. The number of hydrogen-bond donors (Lipinski definition) is 2. The molecular weight excluding hydrogens is 348 g/mol. The first kappa shape index (κ1) is 18.3. The Kier molecular flexibility index (Phi) is 5.02. The number of amides is 2. The number of nitro benzene ring substituents is 1. The molecule has 27 heavy (non-hydrogen) atoms. The van der Waals surface area contributed by atoms with Crippen LogP contribution in [0.1, 0.15) is 31.3 Å². The average Bonchev–Trinajstić information content (AvgIpc) is 3.04. The standard InChI is InChI=1S/C18H20N6O3/c1-11(2)16(17-22-21-15-6-4-5-9-23(15)17)20-18(25)19-13-8-7-12(3)14(10-13)24(26)27/h4-11,16H,1-3H3,(H2,19,20,25). The van der Waals surface area contributed by atoms with Crippen molar-refractivity contribution in [1.82, 2.24) is 19.9 Å². The summed E-state index contributed by atoms with van der Waals surface area (Å²) < 4.78 is 1.82. The molecule has 9 nitrogen and oxygen atoms in total. The molecule has 140 valence electrons. The predicted octanol–water partition coefficient (Wildman–Crippen LogP) is 3.46. The molecule has 2 aromatic heterocycles. The number of benzene rings is 1. The molecule has 2 N–H and O–H groups in total. The molecule has 0 saturated heterocycles. The van der Waals surface area contributed by atoms with Gasteiger partial charge < -0.3 is 10.6 Å². The van der Waals surface area contributed by atoms with Crippen molar-refractivity contribution in [2.24, 2.45) is 5.92 Å². The molecule has 1 atom stereocenters. The molecule has 3 aromatic rings. The monoisotopic (exact) mass is 368 g/mol. The lowest BCUT2D eigenvalue weighted by atomic mass is 10.0. The first-order valence-electron chi connectivity index (χ1n) is 8.49. The Morgan fingerprint density at radius 2 is 2.00 bits per heavy atom. The molecule has 1 unspecified atom stereocenters. The van der Waals surface area contributed by atoms with Gasteiger partial charge in [0.2, 0.25) is 0 Å². The molecule has 9 heteroatoms. The largest absolute Gasteiger partial charge is 0.328 e. The first-order valence-corrected chi connectivity index (χ1v) is 8.49. The molecule has 0 bridgehead atoms. The van der Waals surface area contributed by atoms with Crippen molar-refractivity contribution >= 4 is 23.1 Å². The second kappa shape index (κ2) is 7.40. The summed E-state index contributed by atoms with van der Waals surface area (Å²) >= 11 is 0. The Hall–Kier alpha value is -3.49. The normalized spacial score (nSPS) is 12.1. The van der Waals surface area contributed by atoms with Gasteiger partial charge in [-0.3, -0.25) is 14.5 Å². The van der Waals surface area contributed by atoms with E-state index in [9.17, 15) is 14.9 Å². The van der Waals surface area contributed by atoms with Gasteiger partial charge in [0.05, 0.1) is 11.0 Å². The average molecular weight is 368 g/mol. The zero-order valence-electron chi connectivity index (χ0n) is 15.2. The van der Waals surface area contributed by atoms with E-state index in [0.29, 0.717) is 22.7 Å². The van der Waals surface area contributed by atoms with E-state index in [-0.39, 0.29) is 17.6 Å². The van der Waals surface area contributed by atoms with Gasteiger partial charge in [0.1, 0.15) is 0 Å². The van der Waals surface area contributed by atoms with Crippen LogP contribution < -0.4 is 10.6 Å². The molecule has 1 aromatic carbocycles. The molecular formula is C18H20N6O3. The van der Waals surface area contributed by atoms with Crippen molar-refractivity contribution in [3.05, 3.63) is 64.1 Å². The van der Waals surface area contributed by atoms with Gasteiger partial charge in [-0.25, -0.2) is 4.79 Å². The fourth-order valence-electron chi connectivity index (χ4n) is 2.79. The third-order valence-electron chi connectivity index (χ3n) is 4.24. The van der Waals surface area contributed by atoms with Gasteiger partial charge in [0, 0.05) is 23.5 Å². The Balaban J connectivity index is 1.80. The van der Waals surface area contributed by atoms with Crippen LogP contribution in [0.2, 0.25) is 0 Å². The Morgan fingerprint density at radius 1 is 1.22 bits per heavy atom. The van der Waals surface area contributed by atoms with Gasteiger partial charge in [-0.05, 0) is 31.0 Å². The Bertz CT molecular complexity index is 998. The zero-order valence-corrected chi connectivity index (χ0v) is 15.2. The van der Waals surface area contributed by atoms with Gasteiger partial charge in [-0.15, -0.1) is 10.2 Å². The molecule has 2 amide bonds. The highest BCUT2D eigenvalue weighted by Gasteiger charge is 2.24. The van der Waals surface area contributed by atoms with E-state index in [1.165, 1.54) is 6.07 Å². The number of rotatable bonds is 5. The number of nitrogens with zero attached hydrogens (tertiary/aromatic N) is 4. The zero-order chi connectivity index (χ0) is 19.6. The van der Waals surface area contributed by atoms with E-state index in [0.717, 1.165) is 0 Å². The molecule has 0 aliphatic heterocycles. The number of carbonyl (C=O) groups is 1. The maximum absolute atomic E-state index is 12.5. The van der Waals surface area contributed by atoms with Gasteiger partial charge in [-0.2, -0.15) is 0 Å². The van der Waals surface area contributed by atoms with Crippen molar-refractivity contribution in [1.29, 1.82) is 0 Å². The quantitative estimate of drug-likeness (QED) is 0.529. The van der Waals surface area contributed by atoms with Crippen molar-refractivity contribution in [2.45, 2.75) is 26.8 Å². The summed E-state index contributed by atoms with van der Waals surface area (Å²) in [5.74, 6) is 0.668. The van der Waals surface area contributed by atoms with Gasteiger partial charge >= 0.3 is 6.03 Å². The van der Waals surface area contributed by atoms with Crippen LogP contribution in [0.3, 0.4) is 0 Å². The summed E-state index contributed by atoms with van der Waals surface area (Å²) in [5.41, 5.74) is 1.52. The number of nitrogens with one attached hydrogen (secondary N) is 2. The molecule has 0 aliphatic carbocycles. The highest BCUT2D eigenvalue weighted by Crippen LogP contribution is 2.24. The van der Waals surface area contributed by atoms with Crippen molar-refractivity contribution in [3.63, 3.8) is 0 Å². The minimum Gasteiger partial charge on any atom is -0.328 e. The molecule has 2 heterocycles. The molecule has 3 rings (SSSR count). The molecule has 0 spiro atoms. The lowest BCUT2D eigenvalue weighted by Gasteiger charge is -2.21. The summed E-state index contributed by atoms with van der Waals surface area (Å²) in [6.07, 6.45) is 1.84. The molecule has 0 saturated carbocycles. The summed E-state index contributed by atoms with van der Waals surface area (Å²) in [7, 11) is 0. The van der Waals surface area contributed by atoms with Gasteiger partial charge in [-0.1, -0.05) is 26.0 Å². The Morgan fingerprint density at radius 3 is 2.70 bits per heavy atom. The lowest BCUT2D eigenvalue weighted by molar-refractivity contribution is -0.385. The highest BCUT2D eigenvalue weighted by molar-refractivity contribution is 5.90. The minimum atomic E-state index is -0.475. The molecule has 0 fully saturated rings. The van der Waals surface area contributed by atoms with E-state index >= 15 is 0 Å². The Labute approximate surface area is 155 Å². The number of hydrogen-bond acceptors (Lipinski definition) is 5. The van der Waals surface area contributed by atoms with E-state index in [1.807, 2.05) is 42.6 Å². The fourth-order valence-corrected chi connectivity index (χ4v) is 2.79. The lowest BCUT2D eigenvalue weighted by Crippen LogP contribution is -2.36. The number of aromatic nitrogens is 3. The molecule has 0 aliphatic rings. The summed E-state index contributed by atoms with van der Waals surface area (Å²) in [5, 5.41) is 24.9. The fraction of sp³-hybridized carbons (Fsp3) is 0.278. The second-order valence-corrected chi connectivity index (χ2v) is 6.57. The van der Waals surface area contributed by atoms with E-state index in [2.05, 4.69) is 20.8 Å². The number of fused-ring (bicyclic) bond motifs is 1. The third-order valence-corrected chi connectivity index (χ3v) is 4.24. The van der Waals surface area contributed by atoms with Crippen LogP contribution in [-0.4, -0.2) is 25.6 Å². The van der Waals surface area contributed by atoms with E-state index in [1.54, 1.807) is 19.1 Å². The van der Waals surface area contributed by atoms with Crippen LogP contribution >= 0.6 is 0 Å². The predicted molar refractivity (Wildman–Crippen MR) is 101 cm³/mol. The van der Waals surface area contributed by atoms with Crippen LogP contribution in [-0.2, 0) is 0 Å². The van der Waals surface area contributed by atoms with Crippen LogP contribution in [0.25, 0.3) is 5.65 Å². The summed E-state index contributed by atoms with van der Waals surface area (Å²) in [6, 6.07) is 9.26. The van der Waals surface area contributed by atoms with Crippen molar-refractivity contribution in [2.75, 3.05) is 5.32 Å². The number of anilines is 1. The van der Waals surface area contributed by atoms with Crippen molar-refractivity contribution < 1.29 is 9.72 Å². The SMILES string of the molecule is Cc1ccc(NC(=O)NC(c2nnc3ccccn23)C(C)C)cc1[N+](=O)[O-]. The third kappa shape index (κ3) is 3.86. The summed E-state index contributed by atoms with van der Waals surface area (Å²) in [4.78, 5) is 23.1. The van der Waals surface area contributed by atoms with E-state index < -0.39 is 11.0 Å². The maximum atomic E-state index is 12.5. The van der Waals surface area contributed by atoms with Crippen LogP contribution in [0, 0.1) is 23.0 Å². The minimum absolute atomic E-state index is 0.0448. The summed E-state index contributed by atoms with van der Waals surface area (Å²) in [6.45, 7) is 5.57. The number of pyridine rings is 1. The van der Waals surface area contributed by atoms with Crippen molar-refractivity contribution in [3.8, 4) is 0 Å². The van der Waals surface area contributed by atoms with Crippen LogP contribution in [0.5, 0.6) is 0 Å². The first-order chi connectivity index (χ1) is 12.9. The smallest absolute Gasteiger partial charge is 0.319 e. The number of nitro groups is 1. The van der Waals surface area contributed by atoms with Crippen LogP contribution in [0.4, 0.5) is 16.2 Å². The highest BCUT2D eigenvalue weighted by atomic mass is 16.6. The van der Waals surface area contributed by atoms with Gasteiger partial charge in [0.25, 0.3) is 5.69 Å². The van der Waals surface area contributed by atoms with Gasteiger partial charge in [0.15, 0.2) is 11.5 Å². The maximum Gasteiger partial charge on any atom is 0.319 e. The number of carbonyl (C=O) groups excluding carboxylic acids is 1. The topological polar surface area (TPSA) is 114 Å².